The van der Waals surface area contributed by atoms with Gasteiger partial charge in [-0.05, 0) is 37.0 Å². The van der Waals surface area contributed by atoms with Gasteiger partial charge >= 0.3 is 0 Å². The van der Waals surface area contributed by atoms with E-state index in [0.717, 1.165) is 31.8 Å². The van der Waals surface area contributed by atoms with E-state index in [-0.39, 0.29) is 0 Å². The maximum absolute atomic E-state index is 6.08. The van der Waals surface area contributed by atoms with Crippen molar-refractivity contribution >= 4 is 0 Å². The summed E-state index contributed by atoms with van der Waals surface area (Å²) >= 11 is 0. The molecular weight excluding hydrogens is 186 g/mol. The number of ether oxygens (including phenoxy) is 1. The van der Waals surface area contributed by atoms with Crippen molar-refractivity contribution in [2.24, 2.45) is 17.1 Å². The lowest BCUT2D eigenvalue weighted by molar-refractivity contribution is 0.188. The van der Waals surface area contributed by atoms with Gasteiger partial charge in [0.25, 0.3) is 0 Å². The van der Waals surface area contributed by atoms with Gasteiger partial charge in [-0.25, -0.2) is 0 Å². The molecule has 0 heterocycles. The smallest absolute Gasteiger partial charge is 0.0462 e. The van der Waals surface area contributed by atoms with Gasteiger partial charge in [0.15, 0.2) is 0 Å². The Morgan fingerprint density at radius 1 is 1.27 bits per heavy atom. The second-order valence-electron chi connectivity index (χ2n) is 6.00. The van der Waals surface area contributed by atoms with Crippen LogP contribution in [0.3, 0.4) is 0 Å². The highest BCUT2D eigenvalue weighted by molar-refractivity contribution is 4.71. The van der Waals surface area contributed by atoms with Gasteiger partial charge in [-0.2, -0.15) is 0 Å². The average Bonchev–Trinajstić information content (AvgIpc) is 2.00. The second kappa shape index (κ2) is 7.24. The molecule has 2 N–H and O–H groups in total. The molecule has 0 rings (SSSR count). The molecule has 92 valence electrons. The van der Waals surface area contributed by atoms with Crippen molar-refractivity contribution in [3.05, 3.63) is 0 Å². The van der Waals surface area contributed by atoms with E-state index in [1.54, 1.807) is 7.11 Å². The van der Waals surface area contributed by atoms with Crippen LogP contribution in [-0.4, -0.2) is 19.8 Å². The molecule has 2 heteroatoms. The van der Waals surface area contributed by atoms with Gasteiger partial charge in [-0.1, -0.05) is 27.7 Å². The molecule has 0 aromatic rings. The lowest BCUT2D eigenvalue weighted by Crippen LogP contribution is -2.25. The minimum atomic E-state index is 0.345. The highest BCUT2D eigenvalue weighted by Gasteiger charge is 2.17. The number of methoxy groups -OCH3 is 1. The van der Waals surface area contributed by atoms with Crippen LogP contribution in [0.25, 0.3) is 0 Å². The predicted octanol–water partition coefficient (Wildman–Crippen LogP) is 3.20. The minimum Gasteiger partial charge on any atom is -0.385 e. The fourth-order valence-electron chi connectivity index (χ4n) is 2.25. The van der Waals surface area contributed by atoms with Gasteiger partial charge in [-0.15, -0.1) is 0 Å². The Morgan fingerprint density at radius 2 is 1.87 bits per heavy atom. The summed E-state index contributed by atoms with van der Waals surface area (Å²) in [6, 6.07) is 0.345. The summed E-state index contributed by atoms with van der Waals surface area (Å²) in [5, 5.41) is 0. The maximum Gasteiger partial charge on any atom is 0.0462 e. The fraction of sp³-hybridized carbons (Fsp3) is 1.00. The molecule has 2 nitrogen and oxygen atoms in total. The summed E-state index contributed by atoms with van der Waals surface area (Å²) < 4.78 is 5.02. The van der Waals surface area contributed by atoms with Gasteiger partial charge in [0.05, 0.1) is 0 Å². The van der Waals surface area contributed by atoms with E-state index in [1.165, 1.54) is 6.42 Å². The standard InChI is InChI=1S/C13H29NO/c1-11(10-13(2,3)4)9-12(14)7-6-8-15-5/h11-12H,6-10,14H2,1-5H3. The highest BCUT2D eigenvalue weighted by Crippen LogP contribution is 2.26. The number of nitrogens with two attached hydrogens (primary N) is 1. The van der Waals surface area contributed by atoms with Crippen LogP contribution in [0.2, 0.25) is 0 Å². The summed E-state index contributed by atoms with van der Waals surface area (Å²) in [7, 11) is 1.74. The maximum atomic E-state index is 6.08. The molecule has 0 spiro atoms. The molecule has 2 atom stereocenters. The van der Waals surface area contributed by atoms with Crippen LogP contribution >= 0.6 is 0 Å². The van der Waals surface area contributed by atoms with Gasteiger partial charge in [0, 0.05) is 19.8 Å². The van der Waals surface area contributed by atoms with Crippen LogP contribution in [0.5, 0.6) is 0 Å². The first-order chi connectivity index (χ1) is 6.85. The molecule has 0 aliphatic carbocycles. The zero-order valence-corrected chi connectivity index (χ0v) is 11.2. The van der Waals surface area contributed by atoms with Crippen LogP contribution in [0.15, 0.2) is 0 Å². The average molecular weight is 215 g/mol. The van der Waals surface area contributed by atoms with E-state index in [9.17, 15) is 0 Å². The number of hydrogen-bond acceptors (Lipinski definition) is 2. The van der Waals surface area contributed by atoms with Crippen molar-refractivity contribution in [1.82, 2.24) is 0 Å². The molecule has 0 aliphatic heterocycles. The summed E-state index contributed by atoms with van der Waals surface area (Å²) in [5.74, 6) is 0.725. The largest absolute Gasteiger partial charge is 0.385 e. The van der Waals surface area contributed by atoms with Gasteiger partial charge < -0.3 is 10.5 Å². The Bertz CT molecular complexity index is 151. The molecule has 0 aromatic carbocycles. The van der Waals surface area contributed by atoms with Gasteiger partial charge in [0.1, 0.15) is 0 Å². The molecule has 0 fully saturated rings. The summed E-state index contributed by atoms with van der Waals surface area (Å²) in [5.41, 5.74) is 6.50. The number of hydrogen-bond donors (Lipinski definition) is 1. The van der Waals surface area contributed by atoms with Gasteiger partial charge in [-0.3, -0.25) is 0 Å². The zero-order chi connectivity index (χ0) is 11.9. The molecule has 0 saturated heterocycles. The molecular formula is C13H29NO. The van der Waals surface area contributed by atoms with E-state index >= 15 is 0 Å². The van der Waals surface area contributed by atoms with E-state index in [4.69, 9.17) is 10.5 Å². The van der Waals surface area contributed by atoms with E-state index in [1.807, 2.05) is 0 Å². The monoisotopic (exact) mass is 215 g/mol. The summed E-state index contributed by atoms with van der Waals surface area (Å²) in [6.07, 6.45) is 4.56. The molecule has 15 heavy (non-hydrogen) atoms. The first-order valence-electron chi connectivity index (χ1n) is 6.09. The third-order valence-corrected chi connectivity index (χ3v) is 2.59. The first-order valence-corrected chi connectivity index (χ1v) is 6.09. The van der Waals surface area contributed by atoms with Crippen molar-refractivity contribution in [3.8, 4) is 0 Å². The van der Waals surface area contributed by atoms with Crippen molar-refractivity contribution in [3.63, 3.8) is 0 Å². The van der Waals surface area contributed by atoms with Crippen LogP contribution in [-0.2, 0) is 4.74 Å². The lowest BCUT2D eigenvalue weighted by Gasteiger charge is -2.25. The molecule has 0 saturated carbocycles. The summed E-state index contributed by atoms with van der Waals surface area (Å²) in [4.78, 5) is 0. The van der Waals surface area contributed by atoms with Crippen molar-refractivity contribution < 1.29 is 4.74 Å². The van der Waals surface area contributed by atoms with E-state index in [0.29, 0.717) is 11.5 Å². The normalized spacial score (nSPS) is 16.4. The van der Waals surface area contributed by atoms with Crippen molar-refractivity contribution in [1.29, 1.82) is 0 Å². The van der Waals surface area contributed by atoms with Crippen LogP contribution < -0.4 is 5.73 Å². The fourth-order valence-corrected chi connectivity index (χ4v) is 2.25. The zero-order valence-electron chi connectivity index (χ0n) is 11.2. The first kappa shape index (κ1) is 14.9. The Hall–Kier alpha value is -0.0800. The van der Waals surface area contributed by atoms with Crippen LogP contribution in [0.1, 0.15) is 53.4 Å². The summed E-state index contributed by atoms with van der Waals surface area (Å²) in [6.45, 7) is 10.0. The predicted molar refractivity (Wildman–Crippen MR) is 66.9 cm³/mol. The molecule has 0 amide bonds. The topological polar surface area (TPSA) is 35.2 Å². The quantitative estimate of drug-likeness (QED) is 0.662. The Kier molecular flexibility index (Phi) is 7.20. The van der Waals surface area contributed by atoms with Crippen LogP contribution in [0.4, 0.5) is 0 Å². The Balaban J connectivity index is 3.62. The number of rotatable bonds is 7. The van der Waals surface area contributed by atoms with Crippen molar-refractivity contribution in [2.45, 2.75) is 59.4 Å². The SMILES string of the molecule is COCCCC(N)CC(C)CC(C)(C)C. The van der Waals surface area contributed by atoms with Gasteiger partial charge in [0.2, 0.25) is 0 Å². The Labute approximate surface area is 95.6 Å². The minimum absolute atomic E-state index is 0.345. The molecule has 0 radical (unpaired) electrons. The Morgan fingerprint density at radius 3 is 2.33 bits per heavy atom. The van der Waals surface area contributed by atoms with Crippen LogP contribution in [0, 0.1) is 11.3 Å². The van der Waals surface area contributed by atoms with Crippen molar-refractivity contribution in [2.75, 3.05) is 13.7 Å². The highest BCUT2D eigenvalue weighted by atomic mass is 16.5. The molecule has 0 bridgehead atoms. The molecule has 2 unspecified atom stereocenters. The van der Waals surface area contributed by atoms with E-state index in [2.05, 4.69) is 27.7 Å². The molecule has 0 aliphatic rings. The lowest BCUT2D eigenvalue weighted by atomic mass is 9.82. The third-order valence-electron chi connectivity index (χ3n) is 2.59. The van der Waals surface area contributed by atoms with E-state index < -0.39 is 0 Å². The second-order valence-corrected chi connectivity index (χ2v) is 6.00. The molecule has 0 aromatic heterocycles. The third kappa shape index (κ3) is 10.2.